The van der Waals surface area contributed by atoms with E-state index in [9.17, 15) is 5.11 Å². The molecule has 2 atom stereocenters. The first kappa shape index (κ1) is 16.3. The van der Waals surface area contributed by atoms with Gasteiger partial charge in [-0.3, -0.25) is 0 Å². The lowest BCUT2D eigenvalue weighted by atomic mass is 10.0. The van der Waals surface area contributed by atoms with Gasteiger partial charge in [-0.15, -0.1) is 0 Å². The van der Waals surface area contributed by atoms with Crippen LogP contribution in [0.2, 0.25) is 0 Å². The Kier molecular flexibility index (Phi) is 5.81. The maximum atomic E-state index is 10.4. The van der Waals surface area contributed by atoms with Crippen LogP contribution in [-0.4, -0.2) is 25.4 Å². The van der Waals surface area contributed by atoms with Gasteiger partial charge < -0.3 is 19.9 Å². The van der Waals surface area contributed by atoms with Crippen LogP contribution in [0.1, 0.15) is 24.2 Å². The number of benzene rings is 2. The lowest BCUT2D eigenvalue weighted by Gasteiger charge is -2.21. The highest BCUT2D eigenvalue weighted by Gasteiger charge is 2.17. The van der Waals surface area contributed by atoms with Crippen LogP contribution >= 0.6 is 0 Å². The summed E-state index contributed by atoms with van der Waals surface area (Å²) in [6.45, 7) is 2.55. The summed E-state index contributed by atoms with van der Waals surface area (Å²) in [5, 5.41) is 13.7. The van der Waals surface area contributed by atoms with Crippen LogP contribution in [0.15, 0.2) is 48.5 Å². The summed E-state index contributed by atoms with van der Waals surface area (Å²) in [7, 11) is 3.25. The normalized spacial score (nSPS) is 13.5. The summed E-state index contributed by atoms with van der Waals surface area (Å²) >= 11 is 0. The van der Waals surface area contributed by atoms with Crippen LogP contribution in [-0.2, 0) is 6.54 Å². The minimum Gasteiger partial charge on any atom is -0.493 e. The Bertz CT molecular complexity index is 586. The molecule has 4 nitrogen and oxygen atoms in total. The van der Waals surface area contributed by atoms with E-state index in [0.29, 0.717) is 12.3 Å². The number of para-hydroxylation sites is 1. The molecule has 0 amide bonds. The Balaban J connectivity index is 2.04. The first-order chi connectivity index (χ1) is 10.7. The molecule has 0 saturated heterocycles. The van der Waals surface area contributed by atoms with Crippen molar-refractivity contribution in [3.05, 3.63) is 59.7 Å². The Labute approximate surface area is 131 Å². The SMILES string of the molecule is COc1cccc(CNC(C)C(O)c2ccccc2)c1OC. The summed E-state index contributed by atoms with van der Waals surface area (Å²) in [6, 6.07) is 15.3. The van der Waals surface area contributed by atoms with Gasteiger partial charge in [0.2, 0.25) is 0 Å². The van der Waals surface area contributed by atoms with Crippen molar-refractivity contribution >= 4 is 0 Å². The fourth-order valence-electron chi connectivity index (χ4n) is 2.41. The predicted octanol–water partition coefficient (Wildman–Crippen LogP) is 2.92. The molecular formula is C18H23NO3. The van der Waals surface area contributed by atoms with Gasteiger partial charge in [0, 0.05) is 18.2 Å². The molecule has 0 aromatic heterocycles. The van der Waals surface area contributed by atoms with Crippen LogP contribution in [0.3, 0.4) is 0 Å². The minimum atomic E-state index is -0.558. The molecule has 0 aliphatic carbocycles. The van der Waals surface area contributed by atoms with Gasteiger partial charge in [-0.2, -0.15) is 0 Å². The van der Waals surface area contributed by atoms with E-state index in [1.54, 1.807) is 14.2 Å². The lowest BCUT2D eigenvalue weighted by Crippen LogP contribution is -2.31. The second-order valence-electron chi connectivity index (χ2n) is 5.18. The molecule has 0 bridgehead atoms. The average molecular weight is 301 g/mol. The predicted molar refractivity (Wildman–Crippen MR) is 87.2 cm³/mol. The van der Waals surface area contributed by atoms with Crippen LogP contribution in [0.4, 0.5) is 0 Å². The highest BCUT2D eigenvalue weighted by molar-refractivity contribution is 5.46. The molecular weight excluding hydrogens is 278 g/mol. The van der Waals surface area contributed by atoms with Crippen LogP contribution in [0.25, 0.3) is 0 Å². The molecule has 0 saturated carbocycles. The molecule has 22 heavy (non-hydrogen) atoms. The number of hydrogen-bond donors (Lipinski definition) is 2. The van der Waals surface area contributed by atoms with Crippen molar-refractivity contribution in [2.24, 2.45) is 0 Å². The van der Waals surface area contributed by atoms with Crippen molar-refractivity contribution in [1.82, 2.24) is 5.32 Å². The second kappa shape index (κ2) is 7.82. The maximum Gasteiger partial charge on any atom is 0.165 e. The number of methoxy groups -OCH3 is 2. The Morgan fingerprint density at radius 3 is 2.36 bits per heavy atom. The molecule has 0 aliphatic rings. The van der Waals surface area contributed by atoms with Gasteiger partial charge in [0.25, 0.3) is 0 Å². The number of hydrogen-bond acceptors (Lipinski definition) is 4. The molecule has 2 unspecified atom stereocenters. The van der Waals surface area contributed by atoms with Crippen molar-refractivity contribution < 1.29 is 14.6 Å². The molecule has 0 heterocycles. The fraction of sp³-hybridized carbons (Fsp3) is 0.333. The van der Waals surface area contributed by atoms with Gasteiger partial charge in [-0.05, 0) is 18.6 Å². The third-order valence-corrected chi connectivity index (χ3v) is 3.71. The molecule has 2 rings (SSSR count). The van der Waals surface area contributed by atoms with E-state index in [4.69, 9.17) is 9.47 Å². The summed E-state index contributed by atoms with van der Waals surface area (Å²) in [5.41, 5.74) is 1.90. The highest BCUT2D eigenvalue weighted by atomic mass is 16.5. The van der Waals surface area contributed by atoms with Gasteiger partial charge in [0.1, 0.15) is 0 Å². The quantitative estimate of drug-likeness (QED) is 0.825. The lowest BCUT2D eigenvalue weighted by molar-refractivity contribution is 0.135. The van der Waals surface area contributed by atoms with E-state index in [-0.39, 0.29) is 6.04 Å². The van der Waals surface area contributed by atoms with E-state index < -0.39 is 6.10 Å². The van der Waals surface area contributed by atoms with Gasteiger partial charge in [0.15, 0.2) is 11.5 Å². The Hall–Kier alpha value is -2.04. The number of nitrogens with one attached hydrogen (secondary N) is 1. The summed E-state index contributed by atoms with van der Waals surface area (Å²) in [4.78, 5) is 0. The van der Waals surface area contributed by atoms with Crippen molar-refractivity contribution in [1.29, 1.82) is 0 Å². The standard InChI is InChI=1S/C18H23NO3/c1-13(17(20)14-8-5-4-6-9-14)19-12-15-10-7-11-16(21-2)18(15)22-3/h4-11,13,17,19-20H,12H2,1-3H3. The fourth-order valence-corrected chi connectivity index (χ4v) is 2.41. The van der Waals surface area contributed by atoms with Crippen molar-refractivity contribution in [3.8, 4) is 11.5 Å². The molecule has 0 radical (unpaired) electrons. The van der Waals surface area contributed by atoms with Crippen molar-refractivity contribution in [3.63, 3.8) is 0 Å². The smallest absolute Gasteiger partial charge is 0.165 e. The highest BCUT2D eigenvalue weighted by Crippen LogP contribution is 2.30. The Morgan fingerprint density at radius 2 is 1.73 bits per heavy atom. The molecule has 2 N–H and O–H groups in total. The number of aliphatic hydroxyl groups is 1. The second-order valence-corrected chi connectivity index (χ2v) is 5.18. The average Bonchev–Trinajstić information content (AvgIpc) is 2.59. The van der Waals surface area contributed by atoms with Gasteiger partial charge >= 0.3 is 0 Å². The molecule has 4 heteroatoms. The molecule has 2 aromatic rings. The Morgan fingerprint density at radius 1 is 1.00 bits per heavy atom. The van der Waals surface area contributed by atoms with Crippen LogP contribution < -0.4 is 14.8 Å². The van der Waals surface area contributed by atoms with Gasteiger partial charge in [-0.25, -0.2) is 0 Å². The molecule has 118 valence electrons. The van der Waals surface area contributed by atoms with E-state index >= 15 is 0 Å². The number of rotatable bonds is 7. The summed E-state index contributed by atoms with van der Waals surface area (Å²) in [6.07, 6.45) is -0.558. The third kappa shape index (κ3) is 3.78. The zero-order valence-corrected chi connectivity index (χ0v) is 13.2. The van der Waals surface area contributed by atoms with Gasteiger partial charge in [-0.1, -0.05) is 42.5 Å². The molecule has 0 fully saturated rings. The molecule has 0 aliphatic heterocycles. The van der Waals surface area contributed by atoms with Crippen LogP contribution in [0, 0.1) is 0 Å². The first-order valence-corrected chi connectivity index (χ1v) is 7.33. The first-order valence-electron chi connectivity index (χ1n) is 7.33. The maximum absolute atomic E-state index is 10.4. The van der Waals surface area contributed by atoms with Crippen LogP contribution in [0.5, 0.6) is 11.5 Å². The summed E-state index contributed by atoms with van der Waals surface area (Å²) in [5.74, 6) is 1.43. The topological polar surface area (TPSA) is 50.7 Å². The van der Waals surface area contributed by atoms with E-state index in [2.05, 4.69) is 5.32 Å². The molecule has 2 aromatic carbocycles. The van der Waals surface area contributed by atoms with E-state index in [1.165, 1.54) is 0 Å². The van der Waals surface area contributed by atoms with Crippen molar-refractivity contribution in [2.45, 2.75) is 25.6 Å². The van der Waals surface area contributed by atoms with E-state index in [1.807, 2.05) is 55.5 Å². The number of ether oxygens (including phenoxy) is 2. The zero-order valence-electron chi connectivity index (χ0n) is 13.2. The van der Waals surface area contributed by atoms with E-state index in [0.717, 1.165) is 16.9 Å². The zero-order chi connectivity index (χ0) is 15.9. The number of aliphatic hydroxyl groups excluding tert-OH is 1. The minimum absolute atomic E-state index is 0.0849. The summed E-state index contributed by atoms with van der Waals surface area (Å²) < 4.78 is 10.7. The largest absolute Gasteiger partial charge is 0.493 e. The van der Waals surface area contributed by atoms with Crippen molar-refractivity contribution in [2.75, 3.05) is 14.2 Å². The third-order valence-electron chi connectivity index (χ3n) is 3.71. The monoisotopic (exact) mass is 301 g/mol. The molecule has 0 spiro atoms. The van der Waals surface area contributed by atoms with Gasteiger partial charge in [0.05, 0.1) is 20.3 Å².